The average molecular weight is 251 g/mol. The van der Waals surface area contributed by atoms with Gasteiger partial charge in [0.1, 0.15) is 5.82 Å². The molecule has 0 aliphatic carbocycles. The second-order valence-corrected chi connectivity index (χ2v) is 4.44. The average Bonchev–Trinajstić information content (AvgIpc) is 2.33. The number of hydrogen-bond donors (Lipinski definition) is 3. The molecule has 100 valence electrons. The molecular weight excluding hydrogens is 230 g/mol. The molecule has 0 fully saturated rings. The maximum Gasteiger partial charge on any atom is 0.251 e. The molecule has 0 aliphatic rings. The quantitative estimate of drug-likeness (QED) is 0.386. The third-order valence-corrected chi connectivity index (χ3v) is 2.43. The fraction of sp³-hybridized carbons (Fsp3) is 0.500. The van der Waals surface area contributed by atoms with E-state index in [0.717, 1.165) is 18.7 Å². The van der Waals surface area contributed by atoms with Crippen LogP contribution in [0.25, 0.3) is 0 Å². The Morgan fingerprint density at radius 1 is 1.44 bits per heavy atom. The SMILES string of the molecule is Cc1cc(C(=O)NCCCN(C)C)cc(NN)n1. The van der Waals surface area contributed by atoms with E-state index in [1.807, 2.05) is 21.0 Å². The largest absolute Gasteiger partial charge is 0.352 e. The van der Waals surface area contributed by atoms with Crippen molar-refractivity contribution in [1.82, 2.24) is 15.2 Å². The van der Waals surface area contributed by atoms with E-state index in [4.69, 9.17) is 5.84 Å². The predicted octanol–water partition coefficient (Wildman–Crippen LogP) is 0.357. The van der Waals surface area contributed by atoms with Crippen LogP contribution in [-0.4, -0.2) is 43.0 Å². The number of hydrogen-bond acceptors (Lipinski definition) is 5. The number of nitrogens with one attached hydrogen (secondary N) is 2. The minimum atomic E-state index is -0.101. The molecule has 0 aliphatic heterocycles. The molecule has 1 rings (SSSR count). The zero-order chi connectivity index (χ0) is 13.5. The first-order chi connectivity index (χ1) is 8.52. The van der Waals surface area contributed by atoms with Crippen LogP contribution in [0.15, 0.2) is 12.1 Å². The highest BCUT2D eigenvalue weighted by molar-refractivity contribution is 5.94. The molecule has 0 unspecified atom stereocenters. The molecule has 0 aromatic carbocycles. The normalized spacial score (nSPS) is 10.5. The van der Waals surface area contributed by atoms with Gasteiger partial charge in [-0.2, -0.15) is 0 Å². The number of rotatable bonds is 6. The zero-order valence-corrected chi connectivity index (χ0v) is 11.2. The van der Waals surface area contributed by atoms with E-state index in [1.54, 1.807) is 12.1 Å². The maximum absolute atomic E-state index is 11.9. The van der Waals surface area contributed by atoms with Crippen LogP contribution in [0.3, 0.4) is 0 Å². The summed E-state index contributed by atoms with van der Waals surface area (Å²) in [5, 5.41) is 2.87. The second kappa shape index (κ2) is 6.93. The first kappa shape index (κ1) is 14.4. The van der Waals surface area contributed by atoms with Crippen LogP contribution < -0.4 is 16.6 Å². The van der Waals surface area contributed by atoms with Gasteiger partial charge in [0, 0.05) is 17.8 Å². The van der Waals surface area contributed by atoms with Crippen molar-refractivity contribution in [2.24, 2.45) is 5.84 Å². The Morgan fingerprint density at radius 3 is 2.78 bits per heavy atom. The number of nitrogens with two attached hydrogens (primary N) is 1. The lowest BCUT2D eigenvalue weighted by Crippen LogP contribution is -2.27. The summed E-state index contributed by atoms with van der Waals surface area (Å²) >= 11 is 0. The van der Waals surface area contributed by atoms with Crippen molar-refractivity contribution >= 4 is 11.7 Å². The lowest BCUT2D eigenvalue weighted by atomic mass is 10.2. The van der Waals surface area contributed by atoms with Crippen LogP contribution in [0.5, 0.6) is 0 Å². The van der Waals surface area contributed by atoms with Crippen LogP contribution in [0.1, 0.15) is 22.5 Å². The Balaban J connectivity index is 2.53. The fourth-order valence-corrected chi connectivity index (χ4v) is 1.57. The smallest absolute Gasteiger partial charge is 0.251 e. The summed E-state index contributed by atoms with van der Waals surface area (Å²) in [5.41, 5.74) is 3.77. The molecule has 1 aromatic rings. The highest BCUT2D eigenvalue weighted by Crippen LogP contribution is 2.08. The molecule has 6 heteroatoms. The van der Waals surface area contributed by atoms with E-state index in [9.17, 15) is 4.79 Å². The van der Waals surface area contributed by atoms with Gasteiger partial charge in [-0.25, -0.2) is 10.8 Å². The van der Waals surface area contributed by atoms with Crippen LogP contribution in [0, 0.1) is 6.92 Å². The lowest BCUT2D eigenvalue weighted by Gasteiger charge is -2.10. The van der Waals surface area contributed by atoms with E-state index < -0.39 is 0 Å². The number of anilines is 1. The van der Waals surface area contributed by atoms with Gasteiger partial charge in [-0.15, -0.1) is 0 Å². The maximum atomic E-state index is 11.9. The molecule has 0 radical (unpaired) electrons. The van der Waals surface area contributed by atoms with Gasteiger partial charge >= 0.3 is 0 Å². The molecule has 4 N–H and O–H groups in total. The monoisotopic (exact) mass is 251 g/mol. The molecule has 1 heterocycles. The van der Waals surface area contributed by atoms with Crippen molar-refractivity contribution in [3.63, 3.8) is 0 Å². The molecule has 18 heavy (non-hydrogen) atoms. The summed E-state index contributed by atoms with van der Waals surface area (Å²) in [4.78, 5) is 18.1. The molecule has 0 spiro atoms. The summed E-state index contributed by atoms with van der Waals surface area (Å²) in [7, 11) is 4.01. The predicted molar refractivity (Wildman–Crippen MR) is 72.3 cm³/mol. The summed E-state index contributed by atoms with van der Waals surface area (Å²) < 4.78 is 0. The van der Waals surface area contributed by atoms with Gasteiger partial charge in [-0.3, -0.25) is 4.79 Å². The topological polar surface area (TPSA) is 83.3 Å². The number of carbonyl (C=O) groups is 1. The Morgan fingerprint density at radius 2 is 2.17 bits per heavy atom. The summed E-state index contributed by atoms with van der Waals surface area (Å²) in [6.45, 7) is 3.43. The minimum Gasteiger partial charge on any atom is -0.352 e. The van der Waals surface area contributed by atoms with Crippen molar-refractivity contribution in [3.8, 4) is 0 Å². The fourth-order valence-electron chi connectivity index (χ4n) is 1.57. The van der Waals surface area contributed by atoms with Gasteiger partial charge in [0.2, 0.25) is 0 Å². The Labute approximate surface area is 108 Å². The number of hydrazine groups is 1. The van der Waals surface area contributed by atoms with Gasteiger partial charge in [-0.1, -0.05) is 0 Å². The summed E-state index contributed by atoms with van der Waals surface area (Å²) in [6, 6.07) is 3.37. The molecule has 6 nitrogen and oxygen atoms in total. The van der Waals surface area contributed by atoms with Crippen molar-refractivity contribution in [2.75, 3.05) is 32.6 Å². The third-order valence-electron chi connectivity index (χ3n) is 2.43. The van der Waals surface area contributed by atoms with Crippen LogP contribution in [0.4, 0.5) is 5.82 Å². The van der Waals surface area contributed by atoms with E-state index in [1.165, 1.54) is 0 Å². The van der Waals surface area contributed by atoms with Gasteiger partial charge in [0.25, 0.3) is 5.91 Å². The molecule has 0 atom stereocenters. The van der Waals surface area contributed by atoms with Gasteiger partial charge in [0.05, 0.1) is 0 Å². The molecule has 1 amide bonds. The van der Waals surface area contributed by atoms with Crippen molar-refractivity contribution < 1.29 is 4.79 Å². The number of aryl methyl sites for hydroxylation is 1. The van der Waals surface area contributed by atoms with E-state index in [2.05, 4.69) is 20.6 Å². The molecule has 0 saturated carbocycles. The van der Waals surface area contributed by atoms with E-state index in [0.29, 0.717) is 17.9 Å². The molecule has 0 saturated heterocycles. The van der Waals surface area contributed by atoms with Crippen LogP contribution in [0.2, 0.25) is 0 Å². The minimum absolute atomic E-state index is 0.101. The number of amides is 1. The number of nitrogen functional groups attached to an aromatic ring is 1. The van der Waals surface area contributed by atoms with Crippen molar-refractivity contribution in [1.29, 1.82) is 0 Å². The highest BCUT2D eigenvalue weighted by atomic mass is 16.1. The second-order valence-electron chi connectivity index (χ2n) is 4.44. The Hall–Kier alpha value is -1.66. The highest BCUT2D eigenvalue weighted by Gasteiger charge is 2.07. The summed E-state index contributed by atoms with van der Waals surface area (Å²) in [6.07, 6.45) is 0.921. The Kier molecular flexibility index (Phi) is 5.54. The number of nitrogens with zero attached hydrogens (tertiary/aromatic N) is 2. The first-order valence-corrected chi connectivity index (χ1v) is 5.91. The first-order valence-electron chi connectivity index (χ1n) is 5.91. The Bertz CT molecular complexity index is 405. The number of carbonyl (C=O) groups excluding carboxylic acids is 1. The van der Waals surface area contributed by atoms with Gasteiger partial charge in [0.15, 0.2) is 0 Å². The number of aromatic nitrogens is 1. The lowest BCUT2D eigenvalue weighted by molar-refractivity contribution is 0.0952. The zero-order valence-electron chi connectivity index (χ0n) is 11.2. The summed E-state index contributed by atoms with van der Waals surface area (Å²) in [5.74, 6) is 5.69. The van der Waals surface area contributed by atoms with Crippen molar-refractivity contribution in [3.05, 3.63) is 23.4 Å². The van der Waals surface area contributed by atoms with Crippen LogP contribution in [-0.2, 0) is 0 Å². The van der Waals surface area contributed by atoms with Gasteiger partial charge in [-0.05, 0) is 46.1 Å². The van der Waals surface area contributed by atoms with Gasteiger partial charge < -0.3 is 15.6 Å². The molecule has 0 bridgehead atoms. The van der Waals surface area contributed by atoms with Crippen molar-refractivity contribution in [2.45, 2.75) is 13.3 Å². The molecule has 1 aromatic heterocycles. The number of pyridine rings is 1. The van der Waals surface area contributed by atoms with E-state index >= 15 is 0 Å². The molecular formula is C12H21N5O. The van der Waals surface area contributed by atoms with Crippen LogP contribution >= 0.6 is 0 Å². The standard InChI is InChI=1S/C12H21N5O/c1-9-7-10(8-11(15-9)16-13)12(18)14-5-4-6-17(2)3/h7-8H,4-6,13H2,1-3H3,(H,14,18)(H,15,16). The van der Waals surface area contributed by atoms with E-state index in [-0.39, 0.29) is 5.91 Å². The third kappa shape index (κ3) is 4.68.